The molecule has 0 aliphatic carbocycles. The number of pyridine rings is 2. The zero-order valence-corrected chi connectivity index (χ0v) is 19.3. The number of ether oxygens (including phenoxy) is 2. The van der Waals surface area contributed by atoms with Gasteiger partial charge in [-0.1, -0.05) is 6.07 Å². The average molecular weight is 442 g/mol. The van der Waals surface area contributed by atoms with Crippen LogP contribution in [0.1, 0.15) is 20.8 Å². The molecule has 1 aromatic carbocycles. The molecule has 0 saturated heterocycles. The average Bonchev–Trinajstić information content (AvgIpc) is 3.42. The number of hydrogen-bond donors (Lipinski definition) is 1. The molecule has 4 heterocycles. The number of aromatic nitrogens is 5. The lowest BCUT2D eigenvalue weighted by Gasteiger charge is -2.21. The zero-order valence-electron chi connectivity index (χ0n) is 19.3. The molecule has 4 aromatic heterocycles. The van der Waals surface area contributed by atoms with Crippen LogP contribution in [0.5, 0.6) is 5.75 Å². The van der Waals surface area contributed by atoms with Gasteiger partial charge in [0.15, 0.2) is 0 Å². The highest BCUT2D eigenvalue weighted by atomic mass is 16.5. The van der Waals surface area contributed by atoms with Crippen LogP contribution in [-0.2, 0) is 10.3 Å². The van der Waals surface area contributed by atoms with Crippen molar-refractivity contribution in [3.8, 4) is 28.0 Å². The minimum Gasteiger partial charge on any atom is -0.490 e. The van der Waals surface area contributed by atoms with Gasteiger partial charge >= 0.3 is 0 Å². The first kappa shape index (κ1) is 21.2. The largest absolute Gasteiger partial charge is 0.490 e. The minimum absolute atomic E-state index is 0.0499. The molecule has 168 valence electrons. The van der Waals surface area contributed by atoms with E-state index in [4.69, 9.17) is 9.47 Å². The number of hydrogen-bond acceptors (Lipinski definition) is 5. The SMILES string of the molecule is COCCOc1cncc(-c2cnc3[nH]cc(-c4ccc5ncn(C(C)(C)C)c5c4)c3c2)c1. The van der Waals surface area contributed by atoms with Crippen molar-refractivity contribution in [2.75, 3.05) is 20.3 Å². The number of benzene rings is 1. The number of imidazole rings is 1. The summed E-state index contributed by atoms with van der Waals surface area (Å²) >= 11 is 0. The highest BCUT2D eigenvalue weighted by Crippen LogP contribution is 2.33. The Labute approximate surface area is 192 Å². The lowest BCUT2D eigenvalue weighted by Crippen LogP contribution is -2.20. The van der Waals surface area contributed by atoms with E-state index >= 15 is 0 Å². The van der Waals surface area contributed by atoms with Crippen LogP contribution in [0.2, 0.25) is 0 Å². The van der Waals surface area contributed by atoms with Crippen molar-refractivity contribution < 1.29 is 9.47 Å². The second-order valence-electron chi connectivity index (χ2n) is 9.06. The van der Waals surface area contributed by atoms with E-state index in [0.29, 0.717) is 19.0 Å². The fraction of sp³-hybridized carbons (Fsp3) is 0.269. The van der Waals surface area contributed by atoms with E-state index in [1.807, 2.05) is 31.0 Å². The Balaban J connectivity index is 1.55. The van der Waals surface area contributed by atoms with Gasteiger partial charge in [0.05, 0.1) is 30.2 Å². The zero-order chi connectivity index (χ0) is 23.0. The summed E-state index contributed by atoms with van der Waals surface area (Å²) in [7, 11) is 1.65. The van der Waals surface area contributed by atoms with E-state index < -0.39 is 0 Å². The molecule has 0 unspecified atom stereocenters. The molecule has 1 N–H and O–H groups in total. The maximum atomic E-state index is 5.72. The van der Waals surface area contributed by atoms with E-state index in [1.54, 1.807) is 13.3 Å². The molecule has 0 radical (unpaired) electrons. The normalized spacial score (nSPS) is 12.0. The molecule has 0 atom stereocenters. The number of aromatic amines is 1. The molecular formula is C26H27N5O2. The van der Waals surface area contributed by atoms with Crippen LogP contribution in [0.4, 0.5) is 0 Å². The number of H-pyrrole nitrogens is 1. The van der Waals surface area contributed by atoms with E-state index in [-0.39, 0.29) is 5.54 Å². The van der Waals surface area contributed by atoms with Crippen LogP contribution < -0.4 is 4.74 Å². The summed E-state index contributed by atoms with van der Waals surface area (Å²) in [5.74, 6) is 0.708. The number of nitrogens with one attached hydrogen (secondary N) is 1. The third kappa shape index (κ3) is 4.07. The first-order valence-electron chi connectivity index (χ1n) is 11.0. The monoisotopic (exact) mass is 441 g/mol. The number of rotatable bonds is 6. The van der Waals surface area contributed by atoms with E-state index in [0.717, 1.165) is 44.3 Å². The molecule has 7 heteroatoms. The van der Waals surface area contributed by atoms with Gasteiger partial charge in [-0.3, -0.25) is 4.98 Å². The summed E-state index contributed by atoms with van der Waals surface area (Å²) in [5.41, 5.74) is 7.05. The second kappa shape index (κ2) is 8.33. The molecule has 0 fully saturated rings. The minimum atomic E-state index is -0.0499. The molecule has 0 saturated carbocycles. The molecule has 0 amide bonds. The predicted molar refractivity (Wildman–Crippen MR) is 130 cm³/mol. The molecule has 0 aliphatic heterocycles. The maximum Gasteiger partial charge on any atom is 0.138 e. The van der Waals surface area contributed by atoms with Crippen molar-refractivity contribution in [3.63, 3.8) is 0 Å². The van der Waals surface area contributed by atoms with Gasteiger partial charge in [-0.05, 0) is 50.6 Å². The third-order valence-electron chi connectivity index (χ3n) is 5.71. The molecule has 5 aromatic rings. The third-order valence-corrected chi connectivity index (χ3v) is 5.71. The summed E-state index contributed by atoms with van der Waals surface area (Å²) in [6, 6.07) is 10.5. The second-order valence-corrected chi connectivity index (χ2v) is 9.06. The molecule has 0 aliphatic rings. The Kier molecular flexibility index (Phi) is 5.34. The Morgan fingerprint density at radius 1 is 0.939 bits per heavy atom. The molecule has 0 spiro atoms. The van der Waals surface area contributed by atoms with Gasteiger partial charge in [0.1, 0.15) is 18.0 Å². The Hall–Kier alpha value is -3.71. The van der Waals surface area contributed by atoms with Crippen molar-refractivity contribution in [1.82, 2.24) is 24.5 Å². The molecule has 7 nitrogen and oxygen atoms in total. The lowest BCUT2D eigenvalue weighted by atomic mass is 10.0. The van der Waals surface area contributed by atoms with Crippen LogP contribution >= 0.6 is 0 Å². The van der Waals surface area contributed by atoms with Gasteiger partial charge in [-0.2, -0.15) is 0 Å². The Morgan fingerprint density at radius 3 is 2.61 bits per heavy atom. The number of nitrogens with zero attached hydrogens (tertiary/aromatic N) is 4. The van der Waals surface area contributed by atoms with E-state index in [2.05, 4.69) is 69.5 Å². The van der Waals surface area contributed by atoms with Gasteiger partial charge < -0.3 is 19.0 Å². The fourth-order valence-corrected chi connectivity index (χ4v) is 4.01. The first-order chi connectivity index (χ1) is 15.9. The molecule has 5 rings (SSSR count). The molecular weight excluding hydrogens is 414 g/mol. The van der Waals surface area contributed by atoms with Crippen molar-refractivity contribution in [1.29, 1.82) is 0 Å². The highest BCUT2D eigenvalue weighted by molar-refractivity contribution is 5.97. The standard InChI is InChI=1S/C26H27N5O2/c1-26(2,3)31-16-30-23-6-5-17(11-24(23)31)22-15-29-25-21(22)10-19(13-28-25)18-9-20(14-27-12-18)33-8-7-32-4/h5-6,9-16H,7-8H2,1-4H3,(H,28,29). The predicted octanol–water partition coefficient (Wildman–Crippen LogP) is 5.42. The van der Waals surface area contributed by atoms with Crippen molar-refractivity contribution in [3.05, 3.63) is 61.4 Å². The highest BCUT2D eigenvalue weighted by Gasteiger charge is 2.17. The molecule has 0 bridgehead atoms. The van der Waals surface area contributed by atoms with Gasteiger partial charge in [-0.25, -0.2) is 9.97 Å². The van der Waals surface area contributed by atoms with Gasteiger partial charge in [0, 0.05) is 53.3 Å². The van der Waals surface area contributed by atoms with Crippen molar-refractivity contribution in [2.24, 2.45) is 0 Å². The Bertz CT molecular complexity index is 1430. The van der Waals surface area contributed by atoms with Crippen LogP contribution in [0, 0.1) is 0 Å². The topological polar surface area (TPSA) is 77.8 Å². The quantitative estimate of drug-likeness (QED) is 0.356. The summed E-state index contributed by atoms with van der Waals surface area (Å²) in [6.07, 6.45) is 9.32. The maximum absolute atomic E-state index is 5.72. The summed E-state index contributed by atoms with van der Waals surface area (Å²) in [4.78, 5) is 16.9. The first-order valence-corrected chi connectivity index (χ1v) is 11.0. The summed E-state index contributed by atoms with van der Waals surface area (Å²) in [6.45, 7) is 7.56. The van der Waals surface area contributed by atoms with Gasteiger partial charge in [-0.15, -0.1) is 0 Å². The number of methoxy groups -OCH3 is 1. The van der Waals surface area contributed by atoms with Crippen LogP contribution in [0.3, 0.4) is 0 Å². The fourth-order valence-electron chi connectivity index (χ4n) is 4.01. The van der Waals surface area contributed by atoms with Gasteiger partial charge in [0.2, 0.25) is 0 Å². The van der Waals surface area contributed by atoms with Crippen molar-refractivity contribution >= 4 is 22.1 Å². The van der Waals surface area contributed by atoms with E-state index in [9.17, 15) is 0 Å². The molecule has 33 heavy (non-hydrogen) atoms. The smallest absolute Gasteiger partial charge is 0.138 e. The van der Waals surface area contributed by atoms with Crippen LogP contribution in [0.25, 0.3) is 44.3 Å². The van der Waals surface area contributed by atoms with E-state index in [1.165, 1.54) is 0 Å². The van der Waals surface area contributed by atoms with Gasteiger partial charge in [0.25, 0.3) is 0 Å². The summed E-state index contributed by atoms with van der Waals surface area (Å²) < 4.78 is 13.0. The number of fused-ring (bicyclic) bond motifs is 2. The van der Waals surface area contributed by atoms with Crippen LogP contribution in [0.15, 0.2) is 61.4 Å². The van der Waals surface area contributed by atoms with Crippen LogP contribution in [-0.4, -0.2) is 44.8 Å². The summed E-state index contributed by atoms with van der Waals surface area (Å²) in [5, 5.41) is 1.05. The lowest BCUT2D eigenvalue weighted by molar-refractivity contribution is 0.146. The van der Waals surface area contributed by atoms with Crippen molar-refractivity contribution in [2.45, 2.75) is 26.3 Å². The Morgan fingerprint density at radius 2 is 1.79 bits per heavy atom.